The third-order valence-corrected chi connectivity index (χ3v) is 3.54. The van der Waals surface area contributed by atoms with Crippen LogP contribution in [0, 0.1) is 5.92 Å². The fraction of sp³-hybridized carbons (Fsp3) is 0.538. The van der Waals surface area contributed by atoms with Crippen molar-refractivity contribution in [3.8, 4) is 5.95 Å². The van der Waals surface area contributed by atoms with Crippen LogP contribution in [-0.4, -0.2) is 58.4 Å². The molecule has 1 unspecified atom stereocenters. The first-order chi connectivity index (χ1) is 10.3. The molecule has 0 aromatic carbocycles. The Balaban J connectivity index is 1.87. The van der Waals surface area contributed by atoms with Gasteiger partial charge >= 0.3 is 0 Å². The van der Waals surface area contributed by atoms with E-state index in [1.165, 1.54) is 0 Å². The lowest BCUT2D eigenvalue weighted by molar-refractivity contribution is 0.161. The lowest BCUT2D eigenvalue weighted by Crippen LogP contribution is -2.24. The zero-order chi connectivity index (χ0) is 14.7. The maximum Gasteiger partial charge on any atom is 0.241 e. The van der Waals surface area contributed by atoms with Crippen molar-refractivity contribution >= 4 is 11.9 Å². The molecule has 0 aliphatic carbocycles. The largest absolute Gasteiger partial charge is 0.384 e. The average molecular weight is 289 g/mol. The SMILES string of the molecule is CNc1nc(N2CCC(COC)C2)nc(-n2ccnc2)n1. The summed E-state index contributed by atoms with van der Waals surface area (Å²) in [4.78, 5) is 19.6. The van der Waals surface area contributed by atoms with Gasteiger partial charge in [0.15, 0.2) is 0 Å². The molecule has 0 spiro atoms. The molecule has 3 rings (SSSR count). The number of imidazole rings is 1. The van der Waals surface area contributed by atoms with Gasteiger partial charge in [-0.15, -0.1) is 0 Å². The molecule has 1 aliphatic heterocycles. The standard InChI is InChI=1S/C13H19N7O/c1-14-11-16-12(19-5-3-10(7-19)8-21-2)18-13(17-11)20-6-4-15-9-20/h4,6,9-10H,3,5,7-8H2,1-2H3,(H,14,16,17,18). The number of nitrogens with one attached hydrogen (secondary N) is 1. The molecule has 0 amide bonds. The predicted molar refractivity (Wildman–Crippen MR) is 78.7 cm³/mol. The van der Waals surface area contributed by atoms with Crippen molar-refractivity contribution < 1.29 is 4.74 Å². The van der Waals surface area contributed by atoms with Crippen LogP contribution in [0.2, 0.25) is 0 Å². The van der Waals surface area contributed by atoms with Gasteiger partial charge in [-0.3, -0.25) is 4.57 Å². The molecule has 1 saturated heterocycles. The van der Waals surface area contributed by atoms with Crippen LogP contribution in [0.4, 0.5) is 11.9 Å². The molecule has 21 heavy (non-hydrogen) atoms. The van der Waals surface area contributed by atoms with Gasteiger partial charge in [0.25, 0.3) is 0 Å². The van der Waals surface area contributed by atoms with E-state index in [2.05, 4.69) is 30.2 Å². The Bertz CT molecular complexity index is 586. The molecule has 1 fully saturated rings. The molecule has 8 heteroatoms. The average Bonchev–Trinajstić information content (AvgIpc) is 3.18. The third kappa shape index (κ3) is 2.94. The molecule has 1 aliphatic rings. The number of anilines is 2. The van der Waals surface area contributed by atoms with E-state index in [1.807, 2.05) is 6.20 Å². The van der Waals surface area contributed by atoms with Crippen LogP contribution in [0.5, 0.6) is 0 Å². The molecule has 2 aromatic rings. The van der Waals surface area contributed by atoms with Gasteiger partial charge in [0, 0.05) is 45.6 Å². The monoisotopic (exact) mass is 289 g/mol. The molecular formula is C13H19N7O. The van der Waals surface area contributed by atoms with E-state index in [0.717, 1.165) is 26.1 Å². The van der Waals surface area contributed by atoms with E-state index in [9.17, 15) is 0 Å². The first-order valence-electron chi connectivity index (χ1n) is 6.96. The van der Waals surface area contributed by atoms with Crippen LogP contribution < -0.4 is 10.2 Å². The van der Waals surface area contributed by atoms with Gasteiger partial charge in [-0.1, -0.05) is 0 Å². The second-order valence-electron chi connectivity index (χ2n) is 5.04. The summed E-state index contributed by atoms with van der Waals surface area (Å²) >= 11 is 0. The van der Waals surface area contributed by atoms with Gasteiger partial charge in [-0.05, 0) is 6.42 Å². The van der Waals surface area contributed by atoms with Gasteiger partial charge < -0.3 is 15.0 Å². The summed E-state index contributed by atoms with van der Waals surface area (Å²) in [6.07, 6.45) is 6.29. The van der Waals surface area contributed by atoms with Gasteiger partial charge in [-0.25, -0.2) is 4.98 Å². The van der Waals surface area contributed by atoms with Crippen LogP contribution in [0.15, 0.2) is 18.7 Å². The van der Waals surface area contributed by atoms with Crippen molar-refractivity contribution in [3.05, 3.63) is 18.7 Å². The highest BCUT2D eigenvalue weighted by molar-refractivity contribution is 5.40. The van der Waals surface area contributed by atoms with Crippen LogP contribution >= 0.6 is 0 Å². The Morgan fingerprint density at radius 2 is 2.19 bits per heavy atom. The second kappa shape index (κ2) is 6.04. The summed E-state index contributed by atoms with van der Waals surface area (Å²) in [6.45, 7) is 2.61. The lowest BCUT2D eigenvalue weighted by atomic mass is 10.1. The minimum atomic E-state index is 0.529. The number of hydrogen-bond donors (Lipinski definition) is 1. The number of nitrogens with zero attached hydrogens (tertiary/aromatic N) is 6. The van der Waals surface area contributed by atoms with Gasteiger partial charge in [0.1, 0.15) is 6.33 Å². The quantitative estimate of drug-likeness (QED) is 0.862. The van der Waals surface area contributed by atoms with E-state index >= 15 is 0 Å². The first kappa shape index (κ1) is 13.7. The summed E-state index contributed by atoms with van der Waals surface area (Å²) < 4.78 is 7.01. The number of hydrogen-bond acceptors (Lipinski definition) is 7. The summed E-state index contributed by atoms with van der Waals surface area (Å²) in [5.41, 5.74) is 0. The Hall–Kier alpha value is -2.22. The van der Waals surface area contributed by atoms with Crippen molar-refractivity contribution in [2.45, 2.75) is 6.42 Å². The number of methoxy groups -OCH3 is 1. The van der Waals surface area contributed by atoms with Crippen molar-refractivity contribution in [3.63, 3.8) is 0 Å². The van der Waals surface area contributed by atoms with Crippen molar-refractivity contribution in [1.82, 2.24) is 24.5 Å². The van der Waals surface area contributed by atoms with Crippen LogP contribution in [0.1, 0.15) is 6.42 Å². The Morgan fingerprint density at radius 1 is 1.33 bits per heavy atom. The minimum Gasteiger partial charge on any atom is -0.384 e. The van der Waals surface area contributed by atoms with E-state index in [1.54, 1.807) is 31.2 Å². The highest BCUT2D eigenvalue weighted by Gasteiger charge is 2.25. The predicted octanol–water partition coefficient (Wildman–Crippen LogP) is 0.572. The highest BCUT2D eigenvalue weighted by Crippen LogP contribution is 2.22. The van der Waals surface area contributed by atoms with Crippen molar-refractivity contribution in [2.75, 3.05) is 44.1 Å². The molecule has 2 aromatic heterocycles. The molecule has 3 heterocycles. The van der Waals surface area contributed by atoms with E-state index in [-0.39, 0.29) is 0 Å². The summed E-state index contributed by atoms with van der Waals surface area (Å²) in [5.74, 6) is 2.34. The van der Waals surface area contributed by atoms with Crippen molar-refractivity contribution in [2.24, 2.45) is 5.92 Å². The Labute approximate surface area is 123 Å². The molecule has 0 bridgehead atoms. The molecule has 112 valence electrons. The number of aromatic nitrogens is 5. The fourth-order valence-electron chi connectivity index (χ4n) is 2.49. The maximum atomic E-state index is 5.23. The zero-order valence-electron chi connectivity index (χ0n) is 12.2. The lowest BCUT2D eigenvalue weighted by Gasteiger charge is -2.17. The molecule has 0 saturated carbocycles. The Morgan fingerprint density at radius 3 is 2.90 bits per heavy atom. The normalized spacial score (nSPS) is 18.2. The summed E-state index contributed by atoms with van der Waals surface area (Å²) in [5, 5.41) is 2.98. The van der Waals surface area contributed by atoms with Crippen LogP contribution in [0.3, 0.4) is 0 Å². The molecule has 1 N–H and O–H groups in total. The second-order valence-corrected chi connectivity index (χ2v) is 5.04. The Kier molecular flexibility index (Phi) is 3.96. The van der Waals surface area contributed by atoms with Crippen LogP contribution in [0.25, 0.3) is 5.95 Å². The van der Waals surface area contributed by atoms with Crippen LogP contribution in [-0.2, 0) is 4.74 Å². The van der Waals surface area contributed by atoms with Gasteiger partial charge in [0.2, 0.25) is 17.8 Å². The smallest absolute Gasteiger partial charge is 0.241 e. The molecule has 8 nitrogen and oxygen atoms in total. The number of rotatable bonds is 5. The van der Waals surface area contributed by atoms with E-state index in [0.29, 0.717) is 23.8 Å². The summed E-state index contributed by atoms with van der Waals surface area (Å²) in [7, 11) is 3.54. The first-order valence-corrected chi connectivity index (χ1v) is 6.96. The highest BCUT2D eigenvalue weighted by atomic mass is 16.5. The van der Waals surface area contributed by atoms with E-state index < -0.39 is 0 Å². The zero-order valence-corrected chi connectivity index (χ0v) is 12.2. The topological polar surface area (TPSA) is 81.0 Å². The molecular weight excluding hydrogens is 270 g/mol. The van der Waals surface area contributed by atoms with Crippen molar-refractivity contribution in [1.29, 1.82) is 0 Å². The minimum absolute atomic E-state index is 0.529. The number of ether oxygens (including phenoxy) is 1. The molecule has 1 atom stereocenters. The third-order valence-electron chi connectivity index (χ3n) is 3.54. The summed E-state index contributed by atoms with van der Waals surface area (Å²) in [6, 6.07) is 0. The fourth-order valence-corrected chi connectivity index (χ4v) is 2.49. The van der Waals surface area contributed by atoms with E-state index in [4.69, 9.17) is 4.74 Å². The van der Waals surface area contributed by atoms with Gasteiger partial charge in [0.05, 0.1) is 6.61 Å². The molecule has 0 radical (unpaired) electrons. The maximum absolute atomic E-state index is 5.23. The van der Waals surface area contributed by atoms with Gasteiger partial charge in [-0.2, -0.15) is 15.0 Å².